The van der Waals surface area contributed by atoms with E-state index in [4.69, 9.17) is 9.29 Å². The Kier molecular flexibility index (Phi) is 4.11. The number of hydrogen-bond acceptors (Lipinski definition) is 3. The van der Waals surface area contributed by atoms with Crippen molar-refractivity contribution >= 4 is 10.1 Å². The summed E-state index contributed by atoms with van der Waals surface area (Å²) in [5, 5.41) is 0. The van der Waals surface area contributed by atoms with Gasteiger partial charge in [-0.15, -0.1) is 0 Å². The van der Waals surface area contributed by atoms with E-state index in [9.17, 15) is 8.42 Å². The maximum Gasteiger partial charge on any atom is 0.268 e. The summed E-state index contributed by atoms with van der Waals surface area (Å²) in [6, 6.07) is 7.40. The highest BCUT2D eigenvalue weighted by molar-refractivity contribution is 7.85. The van der Waals surface area contributed by atoms with E-state index in [1.54, 1.807) is 12.1 Å². The van der Waals surface area contributed by atoms with Crippen LogP contribution in [0.2, 0.25) is 0 Å². The summed E-state index contributed by atoms with van der Waals surface area (Å²) in [6.45, 7) is 2.01. The van der Waals surface area contributed by atoms with Gasteiger partial charge in [0, 0.05) is 0 Å². The van der Waals surface area contributed by atoms with Gasteiger partial charge in [-0.1, -0.05) is 19.1 Å². The molecule has 4 nitrogen and oxygen atoms in total. The Morgan fingerprint density at radius 3 is 2.33 bits per heavy atom. The van der Waals surface area contributed by atoms with Crippen molar-refractivity contribution < 1.29 is 17.7 Å². The van der Waals surface area contributed by atoms with Crippen molar-refractivity contribution in [3.05, 3.63) is 29.8 Å². The predicted octanol–water partition coefficient (Wildman–Crippen LogP) is 1.52. The summed E-state index contributed by atoms with van der Waals surface area (Å²) in [4.78, 5) is 0. The molecule has 0 fully saturated rings. The van der Waals surface area contributed by atoms with Crippen LogP contribution in [-0.4, -0.2) is 25.3 Å². The number of hydrogen-bond donors (Lipinski definition) is 1. The second-order valence-corrected chi connectivity index (χ2v) is 4.70. The van der Waals surface area contributed by atoms with Crippen molar-refractivity contribution in [2.45, 2.75) is 13.3 Å². The highest BCUT2D eigenvalue weighted by Gasteiger charge is 2.04. The number of aryl methyl sites for hydroxylation is 1. The average molecular weight is 230 g/mol. The molecule has 0 aliphatic rings. The minimum Gasteiger partial charge on any atom is -0.492 e. The Morgan fingerprint density at radius 2 is 1.87 bits per heavy atom. The zero-order valence-electron chi connectivity index (χ0n) is 8.51. The fourth-order valence-electron chi connectivity index (χ4n) is 1.09. The summed E-state index contributed by atoms with van der Waals surface area (Å²) in [5.41, 5.74) is 1.19. The Labute approximate surface area is 89.6 Å². The molecule has 0 heterocycles. The molecular formula is C10H14O4S. The number of rotatable bonds is 5. The van der Waals surface area contributed by atoms with Crippen LogP contribution in [-0.2, 0) is 16.5 Å². The summed E-state index contributed by atoms with van der Waals surface area (Å²) in [6.07, 6.45) is 0.950. The first-order valence-corrected chi connectivity index (χ1v) is 6.29. The lowest BCUT2D eigenvalue weighted by Crippen LogP contribution is -2.12. The normalized spacial score (nSPS) is 11.3. The molecule has 1 aromatic rings. The van der Waals surface area contributed by atoms with E-state index in [2.05, 4.69) is 0 Å². The van der Waals surface area contributed by atoms with Crippen molar-refractivity contribution in [3.8, 4) is 5.75 Å². The molecule has 0 spiro atoms. The van der Waals surface area contributed by atoms with Gasteiger partial charge in [0.25, 0.3) is 10.1 Å². The molecule has 0 amide bonds. The van der Waals surface area contributed by atoms with Gasteiger partial charge in [0.05, 0.1) is 0 Å². The minimum absolute atomic E-state index is 0.0374. The van der Waals surface area contributed by atoms with Gasteiger partial charge in [-0.05, 0) is 24.1 Å². The highest BCUT2D eigenvalue weighted by Crippen LogP contribution is 2.12. The van der Waals surface area contributed by atoms with Crippen LogP contribution in [0.1, 0.15) is 12.5 Å². The zero-order valence-corrected chi connectivity index (χ0v) is 9.33. The predicted molar refractivity (Wildman–Crippen MR) is 57.7 cm³/mol. The molecule has 0 atom stereocenters. The van der Waals surface area contributed by atoms with Gasteiger partial charge in [-0.3, -0.25) is 4.55 Å². The second kappa shape index (κ2) is 5.14. The fourth-order valence-corrected chi connectivity index (χ4v) is 1.38. The molecule has 0 aliphatic heterocycles. The molecule has 0 bridgehead atoms. The first-order chi connectivity index (χ1) is 7.01. The van der Waals surface area contributed by atoms with E-state index in [1.165, 1.54) is 5.56 Å². The molecule has 0 aliphatic carbocycles. The van der Waals surface area contributed by atoms with Crippen LogP contribution in [0.15, 0.2) is 24.3 Å². The monoisotopic (exact) mass is 230 g/mol. The SMILES string of the molecule is CCc1ccc(OCCS(=O)(=O)O)cc1. The zero-order chi connectivity index (χ0) is 11.3. The molecular weight excluding hydrogens is 216 g/mol. The molecule has 0 saturated heterocycles. The van der Waals surface area contributed by atoms with Gasteiger partial charge in [0.2, 0.25) is 0 Å². The lowest BCUT2D eigenvalue weighted by Gasteiger charge is -2.05. The summed E-state index contributed by atoms with van der Waals surface area (Å²) >= 11 is 0. The maximum absolute atomic E-state index is 10.4. The van der Waals surface area contributed by atoms with Crippen LogP contribution < -0.4 is 4.74 Å². The van der Waals surface area contributed by atoms with Crippen LogP contribution >= 0.6 is 0 Å². The van der Waals surface area contributed by atoms with E-state index in [-0.39, 0.29) is 12.4 Å². The maximum atomic E-state index is 10.4. The quantitative estimate of drug-likeness (QED) is 0.779. The first-order valence-electron chi connectivity index (χ1n) is 4.68. The molecule has 0 saturated carbocycles. The van der Waals surface area contributed by atoms with Crippen molar-refractivity contribution in [3.63, 3.8) is 0 Å². The third-order valence-electron chi connectivity index (χ3n) is 1.94. The second-order valence-electron chi connectivity index (χ2n) is 3.13. The van der Waals surface area contributed by atoms with Crippen molar-refractivity contribution in [1.29, 1.82) is 0 Å². The molecule has 15 heavy (non-hydrogen) atoms. The van der Waals surface area contributed by atoms with E-state index in [1.807, 2.05) is 19.1 Å². The van der Waals surface area contributed by atoms with Crippen LogP contribution in [0.4, 0.5) is 0 Å². The largest absolute Gasteiger partial charge is 0.492 e. The van der Waals surface area contributed by atoms with Crippen LogP contribution in [0.5, 0.6) is 5.75 Å². The van der Waals surface area contributed by atoms with Crippen molar-refractivity contribution in [1.82, 2.24) is 0 Å². The lowest BCUT2D eigenvalue weighted by atomic mass is 10.2. The van der Waals surface area contributed by atoms with Crippen LogP contribution in [0.3, 0.4) is 0 Å². The van der Waals surface area contributed by atoms with E-state index < -0.39 is 10.1 Å². The van der Waals surface area contributed by atoms with Crippen molar-refractivity contribution in [2.24, 2.45) is 0 Å². The number of ether oxygens (including phenoxy) is 1. The summed E-state index contributed by atoms with van der Waals surface area (Å²) in [7, 11) is -3.93. The Hall–Kier alpha value is -1.07. The summed E-state index contributed by atoms with van der Waals surface area (Å²) in [5.74, 6) is 0.221. The molecule has 84 valence electrons. The van der Waals surface area contributed by atoms with Gasteiger partial charge >= 0.3 is 0 Å². The topological polar surface area (TPSA) is 63.6 Å². The minimum atomic E-state index is -3.93. The summed E-state index contributed by atoms with van der Waals surface area (Å²) < 4.78 is 34.4. The molecule has 0 unspecified atom stereocenters. The molecule has 0 aromatic heterocycles. The molecule has 1 rings (SSSR count). The fraction of sp³-hybridized carbons (Fsp3) is 0.400. The Morgan fingerprint density at radius 1 is 1.27 bits per heavy atom. The Balaban J connectivity index is 2.45. The third kappa shape index (κ3) is 4.80. The van der Waals surface area contributed by atoms with Crippen LogP contribution in [0, 0.1) is 0 Å². The first kappa shape index (κ1) is 12.0. The Bertz CT molecular complexity index is 394. The van der Waals surface area contributed by atoms with E-state index in [0.717, 1.165) is 6.42 Å². The van der Waals surface area contributed by atoms with Crippen molar-refractivity contribution in [2.75, 3.05) is 12.4 Å². The third-order valence-corrected chi connectivity index (χ3v) is 2.62. The highest BCUT2D eigenvalue weighted by atomic mass is 32.2. The molecule has 1 aromatic carbocycles. The van der Waals surface area contributed by atoms with Gasteiger partial charge in [0.15, 0.2) is 0 Å². The van der Waals surface area contributed by atoms with E-state index >= 15 is 0 Å². The average Bonchev–Trinajstić information content (AvgIpc) is 2.17. The van der Waals surface area contributed by atoms with Gasteiger partial charge in [-0.2, -0.15) is 8.42 Å². The van der Waals surface area contributed by atoms with Crippen LogP contribution in [0.25, 0.3) is 0 Å². The van der Waals surface area contributed by atoms with E-state index in [0.29, 0.717) is 5.75 Å². The molecule has 1 N–H and O–H groups in total. The molecule has 0 radical (unpaired) electrons. The standard InChI is InChI=1S/C10H14O4S/c1-2-9-3-5-10(6-4-9)14-7-8-15(11,12)13/h3-6H,2,7-8H2,1H3,(H,11,12,13). The molecule has 5 heteroatoms. The lowest BCUT2D eigenvalue weighted by molar-refractivity contribution is 0.336. The van der Waals surface area contributed by atoms with Gasteiger partial charge in [-0.25, -0.2) is 0 Å². The number of benzene rings is 1. The van der Waals surface area contributed by atoms with Gasteiger partial charge in [0.1, 0.15) is 18.1 Å². The smallest absolute Gasteiger partial charge is 0.268 e. The van der Waals surface area contributed by atoms with Gasteiger partial charge < -0.3 is 4.74 Å².